The summed E-state index contributed by atoms with van der Waals surface area (Å²) in [5.41, 5.74) is 0.621. The molecule has 1 aliphatic rings. The monoisotopic (exact) mass is 335 g/mol. The summed E-state index contributed by atoms with van der Waals surface area (Å²) in [5, 5.41) is 0. The summed E-state index contributed by atoms with van der Waals surface area (Å²) in [6.07, 6.45) is -4.98. The number of alkyl halides is 3. The van der Waals surface area contributed by atoms with E-state index in [1.165, 1.54) is 17.0 Å². The van der Waals surface area contributed by atoms with Gasteiger partial charge in [0.15, 0.2) is 0 Å². The quantitative estimate of drug-likeness (QED) is 0.613. The van der Waals surface area contributed by atoms with E-state index in [0.717, 1.165) is 0 Å². The summed E-state index contributed by atoms with van der Waals surface area (Å²) in [5.74, 6) is -0.702. The van der Waals surface area contributed by atoms with Crippen LogP contribution in [0.3, 0.4) is 0 Å². The van der Waals surface area contributed by atoms with E-state index in [4.69, 9.17) is 4.74 Å². The highest BCUT2D eigenvalue weighted by molar-refractivity contribution is 5.76. The largest absolute Gasteiger partial charge is 0.411 e. The molecule has 4 nitrogen and oxygen atoms in total. The first-order valence-electron chi connectivity index (χ1n) is 7.14. The van der Waals surface area contributed by atoms with E-state index in [0.29, 0.717) is 12.1 Å². The van der Waals surface area contributed by atoms with Crippen LogP contribution in [0.25, 0.3) is 0 Å². The van der Waals surface area contributed by atoms with Gasteiger partial charge in [-0.05, 0) is 17.7 Å². The molecule has 1 aromatic rings. The molecule has 0 bridgehead atoms. The Morgan fingerprint density at radius 1 is 1.39 bits per heavy atom. The van der Waals surface area contributed by atoms with Crippen LogP contribution < -0.4 is 0 Å². The van der Waals surface area contributed by atoms with Crippen molar-refractivity contribution in [3.05, 3.63) is 35.6 Å². The summed E-state index contributed by atoms with van der Waals surface area (Å²) < 4.78 is 59.0. The van der Waals surface area contributed by atoms with Gasteiger partial charge in [-0.3, -0.25) is 4.79 Å². The van der Waals surface area contributed by atoms with Crippen LogP contribution in [0.2, 0.25) is 0 Å². The van der Waals surface area contributed by atoms with E-state index in [-0.39, 0.29) is 32.1 Å². The number of carbonyl (C=O) groups is 1. The van der Waals surface area contributed by atoms with E-state index < -0.39 is 24.7 Å². The summed E-state index contributed by atoms with van der Waals surface area (Å²) in [6.45, 7) is -0.780. The Labute approximate surface area is 131 Å². The van der Waals surface area contributed by atoms with Crippen molar-refractivity contribution in [3.8, 4) is 0 Å². The molecule has 0 aromatic heterocycles. The summed E-state index contributed by atoms with van der Waals surface area (Å²) in [6, 6.07) is 5.91. The zero-order valence-corrected chi connectivity index (χ0v) is 12.3. The highest BCUT2D eigenvalue weighted by Crippen LogP contribution is 2.23. The van der Waals surface area contributed by atoms with Crippen molar-refractivity contribution >= 4 is 5.91 Å². The van der Waals surface area contributed by atoms with Gasteiger partial charge in [-0.1, -0.05) is 12.1 Å². The van der Waals surface area contributed by atoms with Gasteiger partial charge in [0.2, 0.25) is 5.91 Å². The first kappa shape index (κ1) is 17.7. The van der Waals surface area contributed by atoms with Gasteiger partial charge in [-0.25, -0.2) is 4.39 Å². The summed E-state index contributed by atoms with van der Waals surface area (Å²) in [7, 11) is 0. The number of nitrogens with zero attached hydrogens (tertiary/aromatic N) is 1. The molecule has 1 aliphatic heterocycles. The van der Waals surface area contributed by atoms with Crippen molar-refractivity contribution in [1.29, 1.82) is 0 Å². The molecule has 1 aromatic carbocycles. The van der Waals surface area contributed by atoms with E-state index >= 15 is 0 Å². The van der Waals surface area contributed by atoms with Crippen LogP contribution >= 0.6 is 0 Å². The molecule has 1 amide bonds. The molecule has 0 aliphatic carbocycles. The molecule has 0 radical (unpaired) electrons. The Bertz CT molecular complexity index is 536. The van der Waals surface area contributed by atoms with Crippen molar-refractivity contribution in [3.63, 3.8) is 0 Å². The van der Waals surface area contributed by atoms with E-state index in [1.807, 2.05) is 0 Å². The van der Waals surface area contributed by atoms with Gasteiger partial charge in [0, 0.05) is 6.54 Å². The number of ether oxygens (including phenoxy) is 2. The lowest BCUT2D eigenvalue weighted by Crippen LogP contribution is -2.42. The lowest BCUT2D eigenvalue weighted by molar-refractivity contribution is -0.175. The van der Waals surface area contributed by atoms with Gasteiger partial charge in [0.25, 0.3) is 0 Å². The molecule has 0 saturated carbocycles. The minimum absolute atomic E-state index is 0.133. The molecule has 1 saturated heterocycles. The van der Waals surface area contributed by atoms with Gasteiger partial charge >= 0.3 is 6.18 Å². The average Bonchev–Trinajstić information content (AvgIpc) is 2.50. The molecule has 1 fully saturated rings. The smallest absolute Gasteiger partial charge is 0.372 e. The van der Waals surface area contributed by atoms with Gasteiger partial charge in [0.1, 0.15) is 18.5 Å². The second-order valence-corrected chi connectivity index (χ2v) is 5.17. The van der Waals surface area contributed by atoms with E-state index in [1.54, 1.807) is 12.1 Å². The highest BCUT2D eigenvalue weighted by atomic mass is 19.4. The number of carbonyl (C=O) groups excluding carboxylic acids is 1. The maximum absolute atomic E-state index is 13.2. The van der Waals surface area contributed by atoms with Crippen LogP contribution in [0.1, 0.15) is 18.1 Å². The Kier molecular flexibility index (Phi) is 5.95. The van der Waals surface area contributed by atoms with Crippen molar-refractivity contribution < 1.29 is 31.8 Å². The Morgan fingerprint density at radius 2 is 2.17 bits per heavy atom. The van der Waals surface area contributed by atoms with E-state index in [2.05, 4.69) is 4.74 Å². The number of halogens is 4. The third-order valence-corrected chi connectivity index (χ3v) is 3.37. The molecular formula is C15H17F4NO3. The van der Waals surface area contributed by atoms with Gasteiger partial charge in [-0.15, -0.1) is 0 Å². The molecule has 1 unspecified atom stereocenters. The molecule has 8 heteroatoms. The van der Waals surface area contributed by atoms with Crippen LogP contribution in [0, 0.1) is 5.82 Å². The van der Waals surface area contributed by atoms with Gasteiger partial charge in [0.05, 0.1) is 26.2 Å². The van der Waals surface area contributed by atoms with Crippen molar-refractivity contribution in [2.24, 2.45) is 0 Å². The fraction of sp³-hybridized carbons (Fsp3) is 0.533. The standard InChI is InChI=1S/C15H17F4NO3/c16-12-3-1-2-11(8-12)13-9-20(5-7-23-13)14(21)4-6-22-10-15(17,18)19/h1-3,8,13H,4-7,9-10H2. The molecule has 0 N–H and O–H groups in total. The topological polar surface area (TPSA) is 38.8 Å². The SMILES string of the molecule is O=C(CCOCC(F)(F)F)N1CCOC(c2cccc(F)c2)C1. The third kappa shape index (κ3) is 5.80. The lowest BCUT2D eigenvalue weighted by atomic mass is 10.1. The zero-order valence-electron chi connectivity index (χ0n) is 12.3. The minimum atomic E-state index is -4.40. The van der Waals surface area contributed by atoms with Crippen molar-refractivity contribution in [2.45, 2.75) is 18.7 Å². The number of benzene rings is 1. The number of hydrogen-bond acceptors (Lipinski definition) is 3. The normalized spacial score (nSPS) is 19.0. The number of morpholine rings is 1. The second-order valence-electron chi connectivity index (χ2n) is 5.17. The molecule has 23 heavy (non-hydrogen) atoms. The predicted octanol–water partition coefficient (Wildman–Crippen LogP) is 2.69. The molecule has 1 atom stereocenters. The number of amides is 1. The lowest BCUT2D eigenvalue weighted by Gasteiger charge is -2.33. The van der Waals surface area contributed by atoms with Crippen LogP contribution in [-0.4, -0.2) is 49.9 Å². The second kappa shape index (κ2) is 7.74. The number of hydrogen-bond donors (Lipinski definition) is 0. The Morgan fingerprint density at radius 3 is 2.87 bits per heavy atom. The van der Waals surface area contributed by atoms with Crippen LogP contribution in [0.15, 0.2) is 24.3 Å². The summed E-state index contributed by atoms with van der Waals surface area (Å²) in [4.78, 5) is 13.5. The van der Waals surface area contributed by atoms with Crippen LogP contribution in [-0.2, 0) is 14.3 Å². The van der Waals surface area contributed by atoms with Crippen molar-refractivity contribution in [1.82, 2.24) is 4.90 Å². The maximum atomic E-state index is 13.2. The molecule has 128 valence electrons. The maximum Gasteiger partial charge on any atom is 0.411 e. The summed E-state index contributed by atoms with van der Waals surface area (Å²) >= 11 is 0. The first-order chi connectivity index (χ1) is 10.8. The fourth-order valence-corrected chi connectivity index (χ4v) is 2.29. The third-order valence-electron chi connectivity index (χ3n) is 3.37. The zero-order chi connectivity index (χ0) is 16.9. The first-order valence-corrected chi connectivity index (χ1v) is 7.14. The molecule has 1 heterocycles. The van der Waals surface area contributed by atoms with Gasteiger partial charge in [-0.2, -0.15) is 13.2 Å². The number of rotatable bonds is 5. The van der Waals surface area contributed by atoms with Crippen LogP contribution in [0.5, 0.6) is 0 Å². The van der Waals surface area contributed by atoms with Gasteiger partial charge < -0.3 is 14.4 Å². The van der Waals surface area contributed by atoms with Crippen molar-refractivity contribution in [2.75, 3.05) is 32.9 Å². The molecular weight excluding hydrogens is 318 g/mol. The highest BCUT2D eigenvalue weighted by Gasteiger charge is 2.28. The molecule has 2 rings (SSSR count). The Hall–Kier alpha value is -1.67. The Balaban J connectivity index is 1.82. The molecule has 0 spiro atoms. The average molecular weight is 335 g/mol. The van der Waals surface area contributed by atoms with Crippen LogP contribution in [0.4, 0.5) is 17.6 Å². The van der Waals surface area contributed by atoms with E-state index in [9.17, 15) is 22.4 Å². The minimum Gasteiger partial charge on any atom is -0.372 e. The fourth-order valence-electron chi connectivity index (χ4n) is 2.29. The predicted molar refractivity (Wildman–Crippen MR) is 73.2 cm³/mol.